The van der Waals surface area contributed by atoms with Crippen LogP contribution in [0, 0.1) is 41.4 Å². The average Bonchev–Trinajstić information content (AvgIpc) is 1.51. The number of carbonyl (C=O) groups excluding carboxylic acids is 6. The third kappa shape index (κ3) is 19.5. The van der Waals surface area contributed by atoms with Crippen molar-refractivity contribution in [2.75, 3.05) is 7.11 Å². The monoisotopic (exact) mass is 1840 g/mol. The van der Waals surface area contributed by atoms with Crippen molar-refractivity contribution in [3.05, 3.63) is 64.3 Å². The first-order valence-electron chi connectivity index (χ1n) is 45.2. The number of aliphatic hydroxyl groups is 3. The van der Waals surface area contributed by atoms with Gasteiger partial charge in [0.15, 0.2) is 26.0 Å². The number of benzene rings is 1. The summed E-state index contributed by atoms with van der Waals surface area (Å²) in [6.07, 6.45) is 3.14. The van der Waals surface area contributed by atoms with Crippen LogP contribution in [-0.2, 0) is 120 Å². The van der Waals surface area contributed by atoms with Gasteiger partial charge in [0.25, 0.3) is 0 Å². The first-order valence-corrected chi connectivity index (χ1v) is 49.4. The van der Waals surface area contributed by atoms with Gasteiger partial charge in [-0.25, -0.2) is 0 Å². The molecule has 0 saturated carbocycles. The maximum Gasteiger partial charge on any atom is 0.373 e. The van der Waals surface area contributed by atoms with Crippen LogP contribution >= 0.6 is 22.6 Å². The lowest BCUT2D eigenvalue weighted by molar-refractivity contribution is -0.370. The zero-order valence-corrected chi connectivity index (χ0v) is 77.0. The van der Waals surface area contributed by atoms with Crippen molar-refractivity contribution < 1.29 is 134 Å². The van der Waals surface area contributed by atoms with Gasteiger partial charge >= 0.3 is 18.3 Å². The Kier molecular flexibility index (Phi) is 29.7. The van der Waals surface area contributed by atoms with Crippen LogP contribution in [0.2, 0.25) is 18.1 Å². The third-order valence-electron chi connectivity index (χ3n) is 30.3. The molecule has 0 aliphatic carbocycles. The van der Waals surface area contributed by atoms with Crippen molar-refractivity contribution in [1.82, 2.24) is 0 Å². The van der Waals surface area contributed by atoms with Gasteiger partial charge in [-0.3, -0.25) is 9.59 Å². The molecule has 17 fully saturated rings. The number of hydrogen-bond acceptors (Lipinski definition) is 28. The molecule has 12 bridgehead atoms. The van der Waals surface area contributed by atoms with E-state index in [0.717, 1.165) is 54.6 Å². The van der Waals surface area contributed by atoms with E-state index < -0.39 is 111 Å². The Bertz CT molecular complexity index is 3880. The fourth-order valence-corrected chi connectivity index (χ4v) is 24.7. The molecular weight excluding hydrogens is 1710 g/mol. The second kappa shape index (κ2) is 38.4. The van der Waals surface area contributed by atoms with Gasteiger partial charge in [-0.15, -0.1) is 0 Å². The van der Waals surface area contributed by atoms with Crippen LogP contribution in [0.1, 0.15) is 217 Å². The molecule has 39 atom stereocenters. The number of rotatable bonds is 14. The van der Waals surface area contributed by atoms with Crippen molar-refractivity contribution in [1.29, 1.82) is 0 Å². The fourth-order valence-electron chi connectivity index (χ4n) is 22.9. The van der Waals surface area contributed by atoms with E-state index in [1.807, 2.05) is 41.3 Å². The van der Waals surface area contributed by atoms with E-state index in [1.165, 1.54) is 0 Å². The number of esters is 1. The van der Waals surface area contributed by atoms with Crippen LogP contribution in [0.15, 0.2) is 58.7 Å². The van der Waals surface area contributed by atoms with Gasteiger partial charge in [-0.05, 0) is 157 Å². The number of methoxy groups -OCH3 is 1. The van der Waals surface area contributed by atoms with E-state index in [4.69, 9.17) is 109 Å². The summed E-state index contributed by atoms with van der Waals surface area (Å²) < 4.78 is 129. The van der Waals surface area contributed by atoms with E-state index in [9.17, 15) is 24.9 Å². The minimum absolute atomic E-state index is 0.0227. The summed E-state index contributed by atoms with van der Waals surface area (Å²) in [4.78, 5) is 60.4. The van der Waals surface area contributed by atoms with E-state index >= 15 is 0 Å². The van der Waals surface area contributed by atoms with Gasteiger partial charge in [0, 0.05) is 70.1 Å². The summed E-state index contributed by atoms with van der Waals surface area (Å²) in [6, 6.07) is 7.90. The van der Waals surface area contributed by atoms with Crippen LogP contribution in [0.25, 0.3) is 0 Å². The molecule has 5 unspecified atom stereocenters. The number of halogens is 1. The molecule has 0 aromatic heterocycles. The quantitative estimate of drug-likeness (QED) is 0.0674. The Morgan fingerprint density at radius 2 is 1.29 bits per heavy atom. The number of fused-ring (bicyclic) bond motifs is 10. The summed E-state index contributed by atoms with van der Waals surface area (Å²) in [5, 5.41) is 34.7. The molecule has 17 saturated heterocycles. The molecule has 1 aromatic rings. The largest absolute Gasteiger partial charge is 0.497 e. The molecule has 17 aliphatic heterocycles. The normalized spacial score (nSPS) is 46.3. The molecule has 0 radical (unpaired) electrons. The van der Waals surface area contributed by atoms with Crippen molar-refractivity contribution in [3.63, 3.8) is 0 Å². The minimum Gasteiger partial charge on any atom is -0.497 e. The predicted octanol–water partition coefficient (Wildman–Crippen LogP) is 12.1. The van der Waals surface area contributed by atoms with Crippen molar-refractivity contribution in [3.8, 4) is 5.75 Å². The van der Waals surface area contributed by atoms with E-state index in [0.29, 0.717) is 96.0 Å². The maximum absolute atomic E-state index is 14.6. The molecule has 17 heterocycles. The molecule has 3 spiro atoms. The maximum atomic E-state index is 14.6. The topological polar surface area (TPSA) is 338 Å². The van der Waals surface area contributed by atoms with Crippen LogP contribution in [0.3, 0.4) is 0 Å². The van der Waals surface area contributed by atoms with E-state index in [-0.39, 0.29) is 169 Å². The molecule has 1 aromatic carbocycles. The first-order chi connectivity index (χ1) is 57.9. The van der Waals surface area contributed by atoms with Gasteiger partial charge < -0.3 is 105 Å². The van der Waals surface area contributed by atoms with Crippen molar-refractivity contribution in [2.45, 2.75) is 430 Å². The van der Waals surface area contributed by atoms with Gasteiger partial charge in [-0.1, -0.05) is 124 Å². The number of ether oxygens (including phenoxy) is 18. The summed E-state index contributed by atoms with van der Waals surface area (Å²) in [6.45, 7) is 40.4. The highest BCUT2D eigenvalue weighted by atomic mass is 127. The average molecular weight is 1840 g/mol. The lowest BCUT2D eigenvalue weighted by atomic mass is 9.78. The summed E-state index contributed by atoms with van der Waals surface area (Å²) in [5.74, 6) is -3.79. The summed E-state index contributed by atoms with van der Waals surface area (Å²) in [5.41, 5.74) is 3.10. The van der Waals surface area contributed by atoms with Gasteiger partial charge in [0.2, 0.25) is 11.6 Å². The smallest absolute Gasteiger partial charge is 0.373 e. The van der Waals surface area contributed by atoms with Crippen LogP contribution in [0.4, 0.5) is 0 Å². The van der Waals surface area contributed by atoms with Crippen LogP contribution in [0.5, 0.6) is 5.75 Å². The first kappa shape index (κ1) is 94.4. The Morgan fingerprint density at radius 3 is 1.99 bits per heavy atom. The van der Waals surface area contributed by atoms with Crippen LogP contribution < -0.4 is 4.74 Å². The number of ketones is 1. The van der Waals surface area contributed by atoms with Gasteiger partial charge in [-0.2, -0.15) is 19.2 Å². The number of aliphatic hydroxyl groups excluding tert-OH is 2. The standard InChI is InChI=1S/C58H82O19.C32H53IO5Si.2CO2/c1-24-14-31-8-10-35-25(2)15-33(64-35)12-13-57-54(61)58(62)53(77-57)52-51(76-58)50(75-57)49-36(68-52)11-9-32(66-49)16-44(60)70-48-29(6)47-40(67-39(48)18-37(65-31)28(24)5)19-38-42(69-47)22-56(71-38)23-43-46(74-56)27(4)21-55(73-43)20-26(3)45-41(72-55)17-34(59)30(7)63-45;1-11-28-23(3)20-30(38-39(9,10)32(5,6)7)31(37-28)24(4)19-26(34)18-22(2)29(16-17-33)36-21-25-12-14-27(35-8)15-13-25;2*2-1-3/h24,26-27,29-43,45-54,59,61-62H,2,5,8-23H2,1,3-4,6-7H3;12-17,22-24,28-31H,11,18-21H2,1-10H3;;/b;17-16+;;/t24-,26+,27+,29+,30-,31+,32-,33+,34-,35?,36+,37?,38?,39+,40+,41+,42-,43+,45+,46+,47+,48-,49+,50+,51+,52?,53-,54+,55-,56+,57-,58?;22-,23+,24-,28+,29+,30-,31-;;/m10../s1. The second-order valence-corrected chi connectivity index (χ2v) is 45.5. The van der Waals surface area contributed by atoms with Crippen molar-refractivity contribution >= 4 is 55.0 Å². The molecular formula is C92H135IO28Si. The summed E-state index contributed by atoms with van der Waals surface area (Å²) in [7, 11) is -0.308. The van der Waals surface area contributed by atoms with E-state index in [1.54, 1.807) is 7.11 Å². The molecule has 682 valence electrons. The zero-order valence-electron chi connectivity index (χ0n) is 73.9. The van der Waals surface area contributed by atoms with E-state index in [2.05, 4.69) is 125 Å². The second-order valence-electron chi connectivity index (χ2n) is 40.1. The minimum atomic E-state index is -2.02. The fraction of sp³-hybridized carbons (Fsp3) is 0.826. The molecule has 28 nitrogen and oxygen atoms in total. The Balaban J connectivity index is 0.000000228. The van der Waals surface area contributed by atoms with Crippen molar-refractivity contribution in [2.24, 2.45) is 41.4 Å². The Morgan fingerprint density at radius 1 is 0.639 bits per heavy atom. The number of hydrogen-bond donors (Lipinski definition) is 3. The molecule has 30 heteroatoms. The Labute approximate surface area is 733 Å². The molecule has 0 amide bonds. The highest BCUT2D eigenvalue weighted by molar-refractivity contribution is 14.1. The number of carbonyl (C=O) groups is 2. The van der Waals surface area contributed by atoms with Gasteiger partial charge in [0.1, 0.15) is 48.2 Å². The highest BCUT2D eigenvalue weighted by Gasteiger charge is 2.79. The predicted molar refractivity (Wildman–Crippen MR) is 446 cm³/mol. The molecule has 3 N–H and O–H groups in total. The SMILES string of the molecule is C=C1C[C@@H]2CC[C@@]34O[C@H]5[C@H]6O[C@H](CC[C@@H]6OC6[C@H]5OC(O)([C@@H]6O3)[C@H]4O)CC(=O)O[C@@H]3[C@@H](C)[C@@H]4O[C@@H]5C[C@]6(C[C@@H]7O[C@]8(C[C@H](C)[C@@H]9O[C@H](C)[C@H](O)C[C@@H]9O8)C[C@H](C)[C@@H]7O6)OC5C[C@@H]4O[C@H]3CC3O[C@@H](CCC1O2)C[C@@H](C)C3=C.CC[C@H]1O[C@@H]([C@@H](C)CC(=O)C[C@H](C)[C@@H](/C=C/I)OCc2ccc(OC)cc2)[C@@H](O[Si](C)(C)C(C)(C)C)C[C@H]1C.O=C=O.O=C=O. The lowest BCUT2D eigenvalue weighted by Crippen LogP contribution is -2.63. The molecule has 17 aliphatic rings. The number of Topliss-reactive ketones (excluding diaryl/α,β-unsaturated/α-hetero) is 1. The zero-order chi connectivity index (χ0) is 87.6. The third-order valence-corrected chi connectivity index (χ3v) is 35.2. The Hall–Kier alpha value is -3.71. The van der Waals surface area contributed by atoms with Gasteiger partial charge in [0.05, 0.1) is 148 Å². The highest BCUT2D eigenvalue weighted by Crippen LogP contribution is 2.60. The van der Waals surface area contributed by atoms with Crippen LogP contribution in [-0.4, -0.2) is 249 Å². The molecule has 122 heavy (non-hydrogen) atoms. The lowest BCUT2D eigenvalue weighted by Gasteiger charge is -2.54. The summed E-state index contributed by atoms with van der Waals surface area (Å²) >= 11 is 2.22. The molecule has 18 rings (SSSR count).